The Bertz CT molecular complexity index is 526. The van der Waals surface area contributed by atoms with Crippen LogP contribution in [0, 0.1) is 6.92 Å². The molecule has 0 amide bonds. The second kappa shape index (κ2) is 3.16. The number of H-pyrrole nitrogens is 1. The third-order valence-corrected chi connectivity index (χ3v) is 3.16. The number of nitrogens with one attached hydrogen (secondary N) is 1. The van der Waals surface area contributed by atoms with E-state index in [-0.39, 0.29) is 5.56 Å². The quantitative estimate of drug-likeness (QED) is 0.779. The molecule has 14 heavy (non-hydrogen) atoms. The average Bonchev–Trinajstić information content (AvgIpc) is 2.47. The lowest BCUT2D eigenvalue weighted by atomic mass is 10.1. The number of rotatable bonds is 1. The Balaban J connectivity index is 2.86. The highest BCUT2D eigenvalue weighted by atomic mass is 32.1. The van der Waals surface area contributed by atoms with E-state index in [1.54, 1.807) is 6.92 Å². The van der Waals surface area contributed by atoms with Gasteiger partial charge in [0.2, 0.25) is 0 Å². The van der Waals surface area contributed by atoms with Crippen LogP contribution in [0.1, 0.15) is 30.5 Å². The summed E-state index contributed by atoms with van der Waals surface area (Å²) in [6.07, 6.45) is 0. The molecule has 74 valence electrons. The number of hydrogen-bond donors (Lipinski definition) is 1. The lowest BCUT2D eigenvalue weighted by Crippen LogP contribution is -2.10. The van der Waals surface area contributed by atoms with Crippen LogP contribution in [0.4, 0.5) is 0 Å². The summed E-state index contributed by atoms with van der Waals surface area (Å²) >= 11 is 1.36. The number of aromatic amines is 1. The predicted octanol–water partition coefficient (Wildman–Crippen LogP) is 1.81. The van der Waals surface area contributed by atoms with Crippen molar-refractivity contribution in [2.45, 2.75) is 26.7 Å². The fourth-order valence-corrected chi connectivity index (χ4v) is 2.19. The molecule has 0 unspecified atom stereocenters. The Morgan fingerprint density at radius 1 is 1.43 bits per heavy atom. The Hall–Kier alpha value is -1.23. The number of aromatic nitrogens is 3. The minimum atomic E-state index is -0.0787. The summed E-state index contributed by atoms with van der Waals surface area (Å²) in [5.74, 6) is 0.929. The van der Waals surface area contributed by atoms with Gasteiger partial charge in [0.05, 0.1) is 0 Å². The molecule has 1 N–H and O–H groups in total. The largest absolute Gasteiger partial charge is 0.310 e. The normalized spacial score (nSPS) is 11.4. The van der Waals surface area contributed by atoms with Crippen LogP contribution in [-0.4, -0.2) is 14.3 Å². The standard InChI is InChI=1S/C9H11N3OS/c1-4(2)7-6-8(12-14-7)10-5(3)11-9(6)13/h4H,1-3H3,(H,10,11,12,13). The number of nitrogens with zero attached hydrogens (tertiary/aromatic N) is 2. The maximum atomic E-state index is 11.7. The van der Waals surface area contributed by atoms with Gasteiger partial charge in [0.25, 0.3) is 5.56 Å². The van der Waals surface area contributed by atoms with Crippen LogP contribution in [0.2, 0.25) is 0 Å². The van der Waals surface area contributed by atoms with E-state index >= 15 is 0 Å². The maximum Gasteiger partial charge on any atom is 0.261 e. The summed E-state index contributed by atoms with van der Waals surface area (Å²) in [7, 11) is 0. The fourth-order valence-electron chi connectivity index (χ4n) is 1.39. The molecule has 0 aliphatic carbocycles. The number of aryl methyl sites for hydroxylation is 1. The summed E-state index contributed by atoms with van der Waals surface area (Å²) < 4.78 is 4.17. The molecule has 2 aromatic rings. The second-order valence-corrected chi connectivity index (χ2v) is 4.36. The molecule has 0 saturated carbocycles. The van der Waals surface area contributed by atoms with Crippen LogP contribution < -0.4 is 5.56 Å². The van der Waals surface area contributed by atoms with Crippen molar-refractivity contribution >= 4 is 22.6 Å². The third-order valence-electron chi connectivity index (χ3n) is 2.02. The van der Waals surface area contributed by atoms with Gasteiger partial charge in [-0.2, -0.15) is 4.37 Å². The van der Waals surface area contributed by atoms with Gasteiger partial charge in [-0.05, 0) is 24.4 Å². The van der Waals surface area contributed by atoms with Crippen molar-refractivity contribution in [3.8, 4) is 0 Å². The topological polar surface area (TPSA) is 58.6 Å². The average molecular weight is 209 g/mol. The molecular formula is C9H11N3OS. The molecule has 0 spiro atoms. The molecule has 0 aromatic carbocycles. The molecule has 0 radical (unpaired) electrons. The van der Waals surface area contributed by atoms with Crippen LogP contribution in [0.5, 0.6) is 0 Å². The smallest absolute Gasteiger partial charge is 0.261 e. The summed E-state index contributed by atoms with van der Waals surface area (Å²) in [5, 5.41) is 0.649. The van der Waals surface area contributed by atoms with Crippen molar-refractivity contribution in [2.24, 2.45) is 0 Å². The van der Waals surface area contributed by atoms with E-state index in [0.717, 1.165) is 4.88 Å². The second-order valence-electron chi connectivity index (χ2n) is 3.55. The third kappa shape index (κ3) is 1.33. The molecule has 2 heterocycles. The molecule has 0 fully saturated rings. The van der Waals surface area contributed by atoms with E-state index in [2.05, 4.69) is 14.3 Å². The lowest BCUT2D eigenvalue weighted by molar-refractivity contribution is 0.894. The van der Waals surface area contributed by atoms with E-state index in [1.807, 2.05) is 13.8 Å². The monoisotopic (exact) mass is 209 g/mol. The van der Waals surface area contributed by atoms with Crippen LogP contribution in [0.15, 0.2) is 4.79 Å². The van der Waals surface area contributed by atoms with Gasteiger partial charge in [0, 0.05) is 4.88 Å². The van der Waals surface area contributed by atoms with Crippen LogP contribution in [0.25, 0.3) is 11.0 Å². The van der Waals surface area contributed by atoms with Crippen molar-refractivity contribution in [1.29, 1.82) is 0 Å². The summed E-state index contributed by atoms with van der Waals surface area (Å²) in [4.78, 5) is 19.5. The van der Waals surface area contributed by atoms with Crippen molar-refractivity contribution in [1.82, 2.24) is 14.3 Å². The van der Waals surface area contributed by atoms with Crippen LogP contribution in [0.3, 0.4) is 0 Å². The van der Waals surface area contributed by atoms with Gasteiger partial charge in [-0.3, -0.25) is 4.79 Å². The minimum absolute atomic E-state index is 0.0787. The first-order valence-electron chi connectivity index (χ1n) is 4.46. The lowest BCUT2D eigenvalue weighted by Gasteiger charge is -1.99. The fraction of sp³-hybridized carbons (Fsp3) is 0.444. The molecule has 0 aliphatic heterocycles. The first-order chi connectivity index (χ1) is 6.59. The Kier molecular flexibility index (Phi) is 2.11. The minimum Gasteiger partial charge on any atom is -0.310 e. The highest BCUT2D eigenvalue weighted by Gasteiger charge is 2.13. The molecule has 5 heteroatoms. The zero-order chi connectivity index (χ0) is 10.3. The van der Waals surface area contributed by atoms with Crippen LogP contribution in [-0.2, 0) is 0 Å². The van der Waals surface area contributed by atoms with Crippen molar-refractivity contribution < 1.29 is 0 Å². The van der Waals surface area contributed by atoms with Gasteiger partial charge < -0.3 is 4.98 Å². The Morgan fingerprint density at radius 2 is 2.14 bits per heavy atom. The highest BCUT2D eigenvalue weighted by Crippen LogP contribution is 2.25. The van der Waals surface area contributed by atoms with Crippen LogP contribution >= 0.6 is 11.5 Å². The Morgan fingerprint density at radius 3 is 2.79 bits per heavy atom. The van der Waals surface area contributed by atoms with E-state index in [9.17, 15) is 4.79 Å². The van der Waals surface area contributed by atoms with Crippen molar-refractivity contribution in [2.75, 3.05) is 0 Å². The van der Waals surface area contributed by atoms with Gasteiger partial charge >= 0.3 is 0 Å². The summed E-state index contributed by atoms with van der Waals surface area (Å²) in [6.45, 7) is 5.85. The van der Waals surface area contributed by atoms with Gasteiger partial charge in [0.15, 0.2) is 5.65 Å². The molecule has 0 atom stereocenters. The van der Waals surface area contributed by atoms with E-state index in [0.29, 0.717) is 22.8 Å². The number of fused-ring (bicyclic) bond motifs is 1. The van der Waals surface area contributed by atoms with Gasteiger partial charge in [-0.1, -0.05) is 13.8 Å². The summed E-state index contributed by atoms with van der Waals surface area (Å²) in [6, 6.07) is 0. The van der Waals surface area contributed by atoms with Gasteiger partial charge in [0.1, 0.15) is 11.2 Å². The molecule has 0 bridgehead atoms. The van der Waals surface area contributed by atoms with E-state index < -0.39 is 0 Å². The van der Waals surface area contributed by atoms with E-state index in [1.165, 1.54) is 11.5 Å². The van der Waals surface area contributed by atoms with Gasteiger partial charge in [-0.15, -0.1) is 0 Å². The van der Waals surface area contributed by atoms with Gasteiger partial charge in [-0.25, -0.2) is 4.98 Å². The highest BCUT2D eigenvalue weighted by molar-refractivity contribution is 7.07. The zero-order valence-corrected chi connectivity index (χ0v) is 9.10. The SMILES string of the molecule is Cc1nc2nsc(C(C)C)c2c(=O)[nH]1. The molecule has 4 nitrogen and oxygen atoms in total. The zero-order valence-electron chi connectivity index (χ0n) is 8.29. The predicted molar refractivity (Wildman–Crippen MR) is 56.9 cm³/mol. The Labute approximate surface area is 85.2 Å². The maximum absolute atomic E-state index is 11.7. The first-order valence-corrected chi connectivity index (χ1v) is 5.23. The summed E-state index contributed by atoms with van der Waals surface area (Å²) in [5.41, 5.74) is 0.491. The molecule has 2 aromatic heterocycles. The molecular weight excluding hydrogens is 198 g/mol. The first kappa shape index (κ1) is 9.33. The molecule has 0 saturated heterocycles. The van der Waals surface area contributed by atoms with Crippen molar-refractivity contribution in [3.05, 3.63) is 21.1 Å². The van der Waals surface area contributed by atoms with E-state index in [4.69, 9.17) is 0 Å². The number of hydrogen-bond acceptors (Lipinski definition) is 4. The van der Waals surface area contributed by atoms with Crippen molar-refractivity contribution in [3.63, 3.8) is 0 Å². The molecule has 2 rings (SSSR count). The molecule has 0 aliphatic rings.